The van der Waals surface area contributed by atoms with Crippen LogP contribution < -0.4 is 0 Å². The van der Waals surface area contributed by atoms with Gasteiger partial charge in [0.2, 0.25) is 0 Å². The predicted molar refractivity (Wildman–Crippen MR) is 96.7 cm³/mol. The third-order valence-electron chi connectivity index (χ3n) is 5.92. The van der Waals surface area contributed by atoms with Crippen LogP contribution in [-0.4, -0.2) is 58.4 Å². The molecule has 0 radical (unpaired) electrons. The second-order valence-electron chi connectivity index (χ2n) is 7.32. The molecule has 2 aliphatic carbocycles. The molecule has 1 fully saturated rings. The molecule has 1 heterocycles. The minimum atomic E-state index is -1.13. The summed E-state index contributed by atoms with van der Waals surface area (Å²) in [5.74, 6) is -2.56. The summed E-state index contributed by atoms with van der Waals surface area (Å²) in [6.07, 6.45) is 3.41. The van der Waals surface area contributed by atoms with Gasteiger partial charge in [-0.25, -0.2) is 14.5 Å². The molecule has 0 bridgehead atoms. The first-order chi connectivity index (χ1) is 13.3. The summed E-state index contributed by atoms with van der Waals surface area (Å²) >= 11 is 0. The van der Waals surface area contributed by atoms with E-state index in [4.69, 9.17) is 19.5 Å². The molecule has 0 spiro atoms. The molecule has 8 heteroatoms. The van der Waals surface area contributed by atoms with Gasteiger partial charge in [0.25, 0.3) is 0 Å². The second-order valence-corrected chi connectivity index (χ2v) is 7.32. The molecular formula is C20H24O8. The predicted octanol–water partition coefficient (Wildman–Crippen LogP) is 1.06. The highest BCUT2D eigenvalue weighted by molar-refractivity contribution is 5.92. The summed E-state index contributed by atoms with van der Waals surface area (Å²) in [6.45, 7) is 6.39. The van der Waals surface area contributed by atoms with Gasteiger partial charge in [0.1, 0.15) is 17.8 Å². The smallest absolute Gasteiger partial charge is 0.336 e. The highest BCUT2D eigenvalue weighted by atomic mass is 17.1. The number of carbonyl (C=O) groups excluding carboxylic acids is 2. The van der Waals surface area contributed by atoms with Gasteiger partial charge in [-0.2, -0.15) is 0 Å². The van der Waals surface area contributed by atoms with Gasteiger partial charge in [0.15, 0.2) is 0 Å². The van der Waals surface area contributed by atoms with Gasteiger partial charge in [-0.05, 0) is 31.6 Å². The Kier molecular flexibility index (Phi) is 5.58. The van der Waals surface area contributed by atoms with Crippen molar-refractivity contribution in [2.75, 3.05) is 13.2 Å². The van der Waals surface area contributed by atoms with Gasteiger partial charge in [-0.1, -0.05) is 18.2 Å². The second kappa shape index (κ2) is 7.63. The molecule has 3 N–H and O–H groups in total. The van der Waals surface area contributed by atoms with Crippen LogP contribution in [0.4, 0.5) is 0 Å². The maximum Gasteiger partial charge on any atom is 0.336 e. The topological polar surface area (TPSA) is 123 Å². The zero-order valence-corrected chi connectivity index (χ0v) is 15.8. The maximum atomic E-state index is 12.5. The number of hydrogen-bond acceptors (Lipinski definition) is 8. The summed E-state index contributed by atoms with van der Waals surface area (Å²) in [5.41, 5.74) is 0.453. The first kappa shape index (κ1) is 20.5. The molecule has 0 saturated carbocycles. The van der Waals surface area contributed by atoms with Gasteiger partial charge < -0.3 is 19.7 Å². The Labute approximate surface area is 162 Å². The molecule has 1 aliphatic heterocycles. The van der Waals surface area contributed by atoms with Gasteiger partial charge in [-0.3, -0.25) is 5.26 Å². The van der Waals surface area contributed by atoms with Gasteiger partial charge in [0.05, 0.1) is 30.6 Å². The Hall–Kier alpha value is -2.26. The van der Waals surface area contributed by atoms with Crippen LogP contribution in [0.5, 0.6) is 0 Å². The first-order valence-corrected chi connectivity index (χ1v) is 9.00. The number of aliphatic hydroxyl groups excluding tert-OH is 2. The van der Waals surface area contributed by atoms with Crippen molar-refractivity contribution < 1.29 is 39.4 Å². The van der Waals surface area contributed by atoms with Crippen molar-refractivity contribution in [1.29, 1.82) is 0 Å². The van der Waals surface area contributed by atoms with E-state index in [1.54, 1.807) is 13.0 Å². The van der Waals surface area contributed by atoms with Crippen molar-refractivity contribution >= 4 is 11.9 Å². The number of carbonyl (C=O) groups is 2. The molecular weight excluding hydrogens is 368 g/mol. The van der Waals surface area contributed by atoms with Crippen LogP contribution >= 0.6 is 0 Å². The number of esters is 2. The maximum absolute atomic E-state index is 12.5. The first-order valence-electron chi connectivity index (χ1n) is 9.00. The fourth-order valence-electron chi connectivity index (χ4n) is 4.42. The van der Waals surface area contributed by atoms with Gasteiger partial charge in [0, 0.05) is 12.0 Å². The van der Waals surface area contributed by atoms with Crippen LogP contribution in [0.1, 0.15) is 20.3 Å². The summed E-state index contributed by atoms with van der Waals surface area (Å²) in [4.78, 5) is 29.6. The number of ether oxygens (including phenoxy) is 2. The highest BCUT2D eigenvalue weighted by Crippen LogP contribution is 2.53. The van der Waals surface area contributed by atoms with E-state index >= 15 is 0 Å². The minimum absolute atomic E-state index is 0.102. The average molecular weight is 392 g/mol. The van der Waals surface area contributed by atoms with Crippen LogP contribution in [-0.2, 0) is 24.0 Å². The molecule has 0 aromatic rings. The lowest BCUT2D eigenvalue weighted by Gasteiger charge is -2.36. The number of fused-ring (bicyclic) bond motifs is 3. The van der Waals surface area contributed by atoms with E-state index in [-0.39, 0.29) is 11.1 Å². The Morgan fingerprint density at radius 2 is 2.14 bits per heavy atom. The Balaban J connectivity index is 2.05. The lowest BCUT2D eigenvalue weighted by Crippen LogP contribution is -2.46. The molecule has 0 aromatic heterocycles. The molecule has 5 atom stereocenters. The summed E-state index contributed by atoms with van der Waals surface area (Å²) in [5, 5.41) is 28.1. The highest BCUT2D eigenvalue weighted by Gasteiger charge is 2.60. The Bertz CT molecular complexity index is 792. The number of aliphatic hydroxyl groups is 2. The molecule has 28 heavy (non-hydrogen) atoms. The molecule has 5 unspecified atom stereocenters. The summed E-state index contributed by atoms with van der Waals surface area (Å²) < 4.78 is 11.1. The monoisotopic (exact) mass is 392 g/mol. The van der Waals surface area contributed by atoms with Crippen molar-refractivity contribution in [2.24, 2.45) is 11.8 Å². The summed E-state index contributed by atoms with van der Waals surface area (Å²) in [7, 11) is 0. The van der Waals surface area contributed by atoms with Crippen LogP contribution in [0.2, 0.25) is 0 Å². The fourth-order valence-corrected chi connectivity index (χ4v) is 4.42. The lowest BCUT2D eigenvalue weighted by atomic mass is 9.76. The summed E-state index contributed by atoms with van der Waals surface area (Å²) in [6, 6.07) is 0. The minimum Gasteiger partial charge on any atom is -0.457 e. The third-order valence-corrected chi connectivity index (χ3v) is 5.92. The van der Waals surface area contributed by atoms with Gasteiger partial charge in [-0.15, -0.1) is 0 Å². The van der Waals surface area contributed by atoms with Crippen molar-refractivity contribution in [1.82, 2.24) is 0 Å². The van der Waals surface area contributed by atoms with Crippen molar-refractivity contribution in [3.05, 3.63) is 47.1 Å². The molecule has 3 aliphatic rings. The van der Waals surface area contributed by atoms with Crippen LogP contribution in [0.25, 0.3) is 0 Å². The lowest BCUT2D eigenvalue weighted by molar-refractivity contribution is -0.323. The number of hydrogen-bond donors (Lipinski definition) is 3. The fraction of sp³-hybridized carbons (Fsp3) is 0.500. The van der Waals surface area contributed by atoms with Crippen molar-refractivity contribution in [3.63, 3.8) is 0 Å². The van der Waals surface area contributed by atoms with Gasteiger partial charge >= 0.3 is 11.9 Å². The van der Waals surface area contributed by atoms with E-state index in [2.05, 4.69) is 6.58 Å². The van der Waals surface area contributed by atoms with E-state index in [9.17, 15) is 20.0 Å². The largest absolute Gasteiger partial charge is 0.457 e. The molecule has 0 amide bonds. The third kappa shape index (κ3) is 3.02. The molecule has 0 aromatic carbocycles. The van der Waals surface area contributed by atoms with Crippen molar-refractivity contribution in [3.8, 4) is 0 Å². The standard InChI is InChI=1S/C20H24O8/c1-10-4-6-20(28-25)11(2)8-14(26-19(24)13(9-22)5-7-21)15-12(3)18(23)27-17(15)16(10)20/h4-5,8,14-17,21-22,25H,3,6-7,9H2,1-2H3. The van der Waals surface area contributed by atoms with E-state index in [0.717, 1.165) is 11.6 Å². The number of rotatable bonds is 5. The molecule has 152 valence electrons. The zero-order chi connectivity index (χ0) is 20.6. The Morgan fingerprint density at radius 3 is 2.75 bits per heavy atom. The SMILES string of the molecule is C=C1C(=O)OC2C1C(OC(=O)C(=CCO)CO)C=C(C)C1(OO)CC=C(C)C21. The zero-order valence-electron chi connectivity index (χ0n) is 15.8. The Morgan fingerprint density at radius 1 is 1.43 bits per heavy atom. The molecule has 3 rings (SSSR count). The van der Waals surface area contributed by atoms with E-state index in [0.29, 0.717) is 12.0 Å². The van der Waals surface area contributed by atoms with Crippen LogP contribution in [0, 0.1) is 11.8 Å². The normalized spacial score (nSPS) is 34.8. The van der Waals surface area contributed by atoms with E-state index < -0.39 is 54.8 Å². The average Bonchev–Trinajstić information content (AvgIpc) is 3.12. The quantitative estimate of drug-likeness (QED) is 0.209. The van der Waals surface area contributed by atoms with Crippen LogP contribution in [0.15, 0.2) is 47.1 Å². The van der Waals surface area contributed by atoms with E-state index in [1.807, 2.05) is 13.0 Å². The van der Waals surface area contributed by atoms with Crippen LogP contribution in [0.3, 0.4) is 0 Å². The van der Waals surface area contributed by atoms with E-state index in [1.165, 1.54) is 0 Å². The van der Waals surface area contributed by atoms with Crippen molar-refractivity contribution in [2.45, 2.75) is 38.1 Å². The molecule has 1 saturated heterocycles. The molecule has 8 nitrogen and oxygen atoms in total.